The molecule has 0 fully saturated rings. The zero-order valence-corrected chi connectivity index (χ0v) is 14.2. The molecular formula is C15H18BrN5. The fraction of sp³-hybridized carbons (Fsp3) is 0.333. The molecule has 0 atom stereocenters. The van der Waals surface area contributed by atoms with Crippen molar-refractivity contribution < 1.29 is 0 Å². The van der Waals surface area contributed by atoms with Crippen molar-refractivity contribution in [3.63, 3.8) is 0 Å². The number of nitrogens with two attached hydrogens (primary N) is 1. The fourth-order valence-electron chi connectivity index (χ4n) is 2.91. The summed E-state index contributed by atoms with van der Waals surface area (Å²) >= 11 is 3.53. The molecule has 0 saturated heterocycles. The first-order valence-electron chi connectivity index (χ1n) is 6.91. The van der Waals surface area contributed by atoms with E-state index in [0.717, 1.165) is 44.6 Å². The van der Waals surface area contributed by atoms with E-state index in [2.05, 4.69) is 58.9 Å². The summed E-state index contributed by atoms with van der Waals surface area (Å²) in [5.41, 5.74) is 12.4. The van der Waals surface area contributed by atoms with E-state index >= 15 is 0 Å². The Labute approximate surface area is 131 Å². The van der Waals surface area contributed by atoms with Gasteiger partial charge in [-0.1, -0.05) is 22.9 Å². The molecule has 0 aliphatic heterocycles. The highest BCUT2D eigenvalue weighted by Gasteiger charge is 2.20. The number of nitrogen functional groups attached to an aromatic ring is 1. The van der Waals surface area contributed by atoms with Crippen LogP contribution in [0.3, 0.4) is 0 Å². The summed E-state index contributed by atoms with van der Waals surface area (Å²) in [6, 6.07) is 4.18. The van der Waals surface area contributed by atoms with E-state index in [0.29, 0.717) is 5.95 Å². The fourth-order valence-corrected chi connectivity index (χ4v) is 3.60. The molecule has 21 heavy (non-hydrogen) atoms. The molecule has 6 heteroatoms. The van der Waals surface area contributed by atoms with Crippen LogP contribution in [0.2, 0.25) is 0 Å². The molecule has 3 aromatic rings. The third kappa shape index (κ3) is 2.05. The molecule has 1 aromatic carbocycles. The zero-order valence-electron chi connectivity index (χ0n) is 12.6. The van der Waals surface area contributed by atoms with Crippen LogP contribution in [0.5, 0.6) is 0 Å². The van der Waals surface area contributed by atoms with Gasteiger partial charge < -0.3 is 5.73 Å². The lowest BCUT2D eigenvalue weighted by Gasteiger charge is -2.14. The minimum Gasteiger partial charge on any atom is -0.369 e. The second-order valence-corrected chi connectivity index (χ2v) is 6.21. The minimum atomic E-state index is 0.501. The van der Waals surface area contributed by atoms with Crippen molar-refractivity contribution in [2.45, 2.75) is 27.2 Å². The van der Waals surface area contributed by atoms with Gasteiger partial charge in [0.05, 0.1) is 11.4 Å². The quantitative estimate of drug-likeness (QED) is 0.773. The second-order valence-electron chi connectivity index (χ2n) is 5.29. The van der Waals surface area contributed by atoms with Gasteiger partial charge in [0.15, 0.2) is 5.65 Å². The van der Waals surface area contributed by atoms with Crippen molar-refractivity contribution in [2.75, 3.05) is 5.73 Å². The van der Waals surface area contributed by atoms with Crippen LogP contribution in [0.1, 0.15) is 23.7 Å². The van der Waals surface area contributed by atoms with Crippen LogP contribution in [0.25, 0.3) is 16.9 Å². The lowest BCUT2D eigenvalue weighted by Crippen LogP contribution is -2.08. The maximum absolute atomic E-state index is 6.20. The Balaban J connectivity index is 2.41. The largest absolute Gasteiger partial charge is 0.369 e. The zero-order chi connectivity index (χ0) is 15.3. The van der Waals surface area contributed by atoms with Crippen LogP contribution in [0.4, 0.5) is 5.95 Å². The van der Waals surface area contributed by atoms with Gasteiger partial charge in [-0.15, -0.1) is 0 Å². The molecule has 2 N–H and O–H groups in total. The highest BCUT2D eigenvalue weighted by Crippen LogP contribution is 2.30. The molecule has 5 nitrogen and oxygen atoms in total. The SMILES string of the molecule is CCc1nn(C)c2c1nc(N)n2-c1c(C)cc(Br)cc1C. The number of nitrogens with zero attached hydrogens (tertiary/aromatic N) is 4. The molecule has 0 radical (unpaired) electrons. The number of aromatic nitrogens is 4. The van der Waals surface area contributed by atoms with Crippen molar-refractivity contribution in [1.29, 1.82) is 0 Å². The number of aryl methyl sites for hydroxylation is 4. The number of halogens is 1. The van der Waals surface area contributed by atoms with Crippen LogP contribution in [0, 0.1) is 13.8 Å². The summed E-state index contributed by atoms with van der Waals surface area (Å²) in [6.45, 7) is 6.23. The molecule has 0 amide bonds. The predicted octanol–water partition coefficient (Wildman–Crippen LogP) is 3.28. The van der Waals surface area contributed by atoms with Crippen LogP contribution in [0.15, 0.2) is 16.6 Å². The summed E-state index contributed by atoms with van der Waals surface area (Å²) in [4.78, 5) is 4.53. The maximum Gasteiger partial charge on any atom is 0.207 e. The highest BCUT2D eigenvalue weighted by molar-refractivity contribution is 9.10. The summed E-state index contributed by atoms with van der Waals surface area (Å²) in [5.74, 6) is 0.501. The molecule has 3 rings (SSSR count). The first-order chi connectivity index (χ1) is 9.93. The third-order valence-corrected chi connectivity index (χ3v) is 4.20. The lowest BCUT2D eigenvalue weighted by atomic mass is 10.1. The van der Waals surface area contributed by atoms with Crippen molar-refractivity contribution in [1.82, 2.24) is 19.3 Å². The summed E-state index contributed by atoms with van der Waals surface area (Å²) in [7, 11) is 1.93. The Morgan fingerprint density at radius 1 is 1.24 bits per heavy atom. The van der Waals surface area contributed by atoms with E-state index in [1.807, 2.05) is 16.3 Å². The van der Waals surface area contributed by atoms with Gasteiger partial charge in [0, 0.05) is 11.5 Å². The van der Waals surface area contributed by atoms with E-state index < -0.39 is 0 Å². The van der Waals surface area contributed by atoms with Crippen molar-refractivity contribution >= 4 is 33.0 Å². The van der Waals surface area contributed by atoms with Gasteiger partial charge in [-0.25, -0.2) is 9.67 Å². The van der Waals surface area contributed by atoms with Gasteiger partial charge >= 0.3 is 0 Å². The van der Waals surface area contributed by atoms with Gasteiger partial charge in [0.2, 0.25) is 5.95 Å². The van der Waals surface area contributed by atoms with E-state index in [4.69, 9.17) is 5.73 Å². The molecule has 0 spiro atoms. The molecule has 0 saturated carbocycles. The van der Waals surface area contributed by atoms with Crippen molar-refractivity contribution in [3.05, 3.63) is 33.4 Å². The first kappa shape index (κ1) is 14.1. The lowest BCUT2D eigenvalue weighted by molar-refractivity contribution is 0.750. The third-order valence-electron chi connectivity index (χ3n) is 3.74. The predicted molar refractivity (Wildman–Crippen MR) is 88.8 cm³/mol. The Morgan fingerprint density at radius 3 is 2.43 bits per heavy atom. The average molecular weight is 348 g/mol. The number of hydrogen-bond acceptors (Lipinski definition) is 3. The Bertz CT molecular complexity index is 820. The van der Waals surface area contributed by atoms with Crippen LogP contribution >= 0.6 is 15.9 Å². The first-order valence-corrected chi connectivity index (χ1v) is 7.70. The molecular weight excluding hydrogens is 330 g/mol. The molecule has 2 aromatic heterocycles. The maximum atomic E-state index is 6.20. The summed E-state index contributed by atoms with van der Waals surface area (Å²) in [6.07, 6.45) is 0.839. The molecule has 2 heterocycles. The molecule has 110 valence electrons. The number of benzene rings is 1. The minimum absolute atomic E-state index is 0.501. The van der Waals surface area contributed by atoms with Gasteiger partial charge in [0.25, 0.3) is 0 Å². The number of fused-ring (bicyclic) bond motifs is 1. The summed E-state index contributed by atoms with van der Waals surface area (Å²) in [5, 5.41) is 4.54. The Morgan fingerprint density at radius 2 is 1.86 bits per heavy atom. The number of imidazole rings is 1. The van der Waals surface area contributed by atoms with E-state index in [1.165, 1.54) is 0 Å². The van der Waals surface area contributed by atoms with E-state index in [1.54, 1.807) is 0 Å². The normalized spacial score (nSPS) is 11.5. The Hall–Kier alpha value is -1.82. The van der Waals surface area contributed by atoms with E-state index in [-0.39, 0.29) is 0 Å². The number of hydrogen-bond donors (Lipinski definition) is 1. The topological polar surface area (TPSA) is 61.7 Å². The van der Waals surface area contributed by atoms with Gasteiger partial charge in [-0.3, -0.25) is 4.57 Å². The smallest absolute Gasteiger partial charge is 0.207 e. The number of rotatable bonds is 2. The van der Waals surface area contributed by atoms with Crippen LogP contribution in [-0.2, 0) is 13.5 Å². The van der Waals surface area contributed by atoms with Gasteiger partial charge in [-0.2, -0.15) is 5.10 Å². The Kier molecular flexibility index (Phi) is 3.28. The number of anilines is 1. The molecule has 0 aliphatic rings. The average Bonchev–Trinajstić information content (AvgIpc) is 2.87. The van der Waals surface area contributed by atoms with Gasteiger partial charge in [-0.05, 0) is 43.5 Å². The summed E-state index contributed by atoms with van der Waals surface area (Å²) < 4.78 is 4.92. The van der Waals surface area contributed by atoms with Crippen molar-refractivity contribution in [2.24, 2.45) is 7.05 Å². The second kappa shape index (κ2) is 4.87. The molecule has 0 aliphatic carbocycles. The highest BCUT2D eigenvalue weighted by atomic mass is 79.9. The van der Waals surface area contributed by atoms with Crippen molar-refractivity contribution in [3.8, 4) is 5.69 Å². The molecule has 0 unspecified atom stereocenters. The monoisotopic (exact) mass is 347 g/mol. The van der Waals surface area contributed by atoms with Crippen LogP contribution in [-0.4, -0.2) is 19.3 Å². The van der Waals surface area contributed by atoms with E-state index in [9.17, 15) is 0 Å². The van der Waals surface area contributed by atoms with Gasteiger partial charge in [0.1, 0.15) is 5.52 Å². The van der Waals surface area contributed by atoms with Crippen LogP contribution < -0.4 is 5.73 Å². The molecule has 0 bridgehead atoms. The standard InChI is InChI=1S/C15H18BrN5/c1-5-11-12-14(20(4)19-11)21(15(17)18-12)13-8(2)6-10(16)7-9(13)3/h6-7H,5H2,1-4H3,(H2,17,18).